The van der Waals surface area contributed by atoms with Crippen LogP contribution in [0.3, 0.4) is 0 Å². The van der Waals surface area contributed by atoms with Crippen LogP contribution in [0.25, 0.3) is 11.3 Å². The zero-order chi connectivity index (χ0) is 24.6. The number of aliphatic hydroxyl groups excluding tert-OH is 1. The smallest absolute Gasteiger partial charge is 0.274 e. The summed E-state index contributed by atoms with van der Waals surface area (Å²) >= 11 is 0. The number of nitrogens with zero attached hydrogens (tertiary/aromatic N) is 2. The number of nitrogens with two attached hydrogens (primary N) is 1. The predicted molar refractivity (Wildman–Crippen MR) is 119 cm³/mol. The van der Waals surface area contributed by atoms with E-state index in [1.165, 1.54) is 6.20 Å². The van der Waals surface area contributed by atoms with Crippen molar-refractivity contribution in [1.82, 2.24) is 9.97 Å². The monoisotopic (exact) mass is 472 g/mol. The maximum absolute atomic E-state index is 14.4. The van der Waals surface area contributed by atoms with Crippen LogP contribution >= 0.6 is 0 Å². The van der Waals surface area contributed by atoms with Gasteiger partial charge in [0, 0.05) is 24.4 Å². The molecule has 4 atom stereocenters. The lowest BCUT2D eigenvalue weighted by atomic mass is 9.74. The Hall–Kier alpha value is -3.50. The molecule has 178 valence electrons. The van der Waals surface area contributed by atoms with Gasteiger partial charge in [-0.05, 0) is 48.4 Å². The number of phenolic OH excluding ortho intramolecular Hbond substituents is 1. The highest BCUT2D eigenvalue weighted by Crippen LogP contribution is 2.38. The number of halogens is 3. The second kappa shape index (κ2) is 9.40. The molecule has 0 aliphatic heterocycles. The number of benzene rings is 1. The zero-order valence-corrected chi connectivity index (χ0v) is 18.2. The van der Waals surface area contributed by atoms with Crippen molar-refractivity contribution in [1.29, 1.82) is 0 Å². The number of nitrogens with one attached hydrogen (secondary N) is 1. The molecule has 1 amide bonds. The molecule has 0 bridgehead atoms. The van der Waals surface area contributed by atoms with E-state index < -0.39 is 52.5 Å². The molecule has 1 aromatic carbocycles. The van der Waals surface area contributed by atoms with Crippen LogP contribution in [0.15, 0.2) is 42.7 Å². The Kier molecular flexibility index (Phi) is 6.54. The number of phenols is 1. The largest absolute Gasteiger partial charge is 0.508 e. The van der Waals surface area contributed by atoms with E-state index in [0.717, 1.165) is 17.7 Å². The van der Waals surface area contributed by atoms with Crippen LogP contribution in [0.1, 0.15) is 41.7 Å². The van der Waals surface area contributed by atoms with E-state index in [4.69, 9.17) is 5.73 Å². The number of rotatable bonds is 4. The normalized spacial score (nSPS) is 22.4. The van der Waals surface area contributed by atoms with Gasteiger partial charge in [-0.1, -0.05) is 6.92 Å². The van der Waals surface area contributed by atoms with Gasteiger partial charge < -0.3 is 21.3 Å². The number of hydrogen-bond donors (Lipinski definition) is 4. The number of carbonyl (C=O) groups is 1. The van der Waals surface area contributed by atoms with E-state index in [9.17, 15) is 28.2 Å². The number of aromatic nitrogens is 2. The molecular weight excluding hydrogens is 449 g/mol. The van der Waals surface area contributed by atoms with Crippen molar-refractivity contribution in [3.8, 4) is 17.0 Å². The molecule has 2 heterocycles. The van der Waals surface area contributed by atoms with E-state index >= 15 is 0 Å². The fraction of sp³-hybridized carbons (Fsp3) is 0.292. The quantitative estimate of drug-likeness (QED) is 0.459. The highest BCUT2D eigenvalue weighted by atomic mass is 19.1. The molecule has 0 spiro atoms. The molecule has 0 saturated heterocycles. The van der Waals surface area contributed by atoms with E-state index in [1.54, 1.807) is 12.3 Å². The van der Waals surface area contributed by atoms with Gasteiger partial charge in [0.25, 0.3) is 5.91 Å². The maximum Gasteiger partial charge on any atom is 0.274 e. The Morgan fingerprint density at radius 1 is 1.12 bits per heavy atom. The summed E-state index contributed by atoms with van der Waals surface area (Å²) in [5.41, 5.74) is 5.48. The average Bonchev–Trinajstić information content (AvgIpc) is 2.78. The van der Waals surface area contributed by atoms with Crippen molar-refractivity contribution in [2.45, 2.75) is 37.8 Å². The third kappa shape index (κ3) is 4.59. The summed E-state index contributed by atoms with van der Waals surface area (Å²) in [6.45, 7) is 1.90. The van der Waals surface area contributed by atoms with Gasteiger partial charge in [-0.3, -0.25) is 9.78 Å². The summed E-state index contributed by atoms with van der Waals surface area (Å²) < 4.78 is 42.9. The van der Waals surface area contributed by atoms with Gasteiger partial charge >= 0.3 is 0 Å². The molecule has 34 heavy (non-hydrogen) atoms. The number of carbonyl (C=O) groups excluding carboxylic acids is 1. The minimum absolute atomic E-state index is 0.0383. The number of hydrogen-bond acceptors (Lipinski definition) is 6. The van der Waals surface area contributed by atoms with E-state index in [2.05, 4.69) is 15.3 Å². The number of pyridine rings is 2. The standard InChI is InChI=1S/C24H23F3N4O3/c1-11-6-12(7-18(28)23(11)33)14-4-5-29-10-20(14)31-24(34)19-3-2-15(25)22(30-19)21-16(26)8-13(32)9-17(21)27/h2-5,8-12,18,23,32-33H,6-7,28H2,1H3,(H,31,34)/t11-,12-,18+,23+/m0/s1. The Bertz CT molecular complexity index is 1200. The maximum atomic E-state index is 14.4. The third-order valence-corrected chi connectivity index (χ3v) is 6.12. The Morgan fingerprint density at radius 2 is 1.82 bits per heavy atom. The zero-order valence-electron chi connectivity index (χ0n) is 18.2. The number of amides is 1. The van der Waals surface area contributed by atoms with Crippen LogP contribution in [-0.4, -0.2) is 38.2 Å². The Balaban J connectivity index is 1.64. The summed E-state index contributed by atoms with van der Waals surface area (Å²) in [5, 5.41) is 22.2. The topological polar surface area (TPSA) is 121 Å². The SMILES string of the molecule is C[C@H]1C[C@H](c2ccncc2NC(=O)c2ccc(F)c(-c3c(F)cc(O)cc3F)n2)C[C@@H](N)[C@@H]1O. The van der Waals surface area contributed by atoms with E-state index in [-0.39, 0.29) is 17.5 Å². The van der Waals surface area contributed by atoms with Crippen molar-refractivity contribution in [3.63, 3.8) is 0 Å². The lowest BCUT2D eigenvalue weighted by molar-refractivity contribution is 0.0521. The van der Waals surface area contributed by atoms with Crippen LogP contribution in [0.5, 0.6) is 5.75 Å². The van der Waals surface area contributed by atoms with E-state index in [0.29, 0.717) is 30.7 Å². The van der Waals surface area contributed by atoms with Gasteiger partial charge in [-0.15, -0.1) is 0 Å². The van der Waals surface area contributed by atoms with Crippen molar-refractivity contribution in [3.05, 3.63) is 71.4 Å². The van der Waals surface area contributed by atoms with E-state index in [1.807, 2.05) is 6.92 Å². The summed E-state index contributed by atoms with van der Waals surface area (Å²) in [6, 6.07) is 4.57. The predicted octanol–water partition coefficient (Wildman–Crippen LogP) is 3.72. The minimum atomic E-state index is -1.22. The molecular formula is C24H23F3N4O3. The number of aromatic hydroxyl groups is 1. The second-order valence-electron chi connectivity index (χ2n) is 8.53. The molecule has 1 aliphatic carbocycles. The second-order valence-corrected chi connectivity index (χ2v) is 8.53. The first-order chi connectivity index (χ1) is 16.2. The minimum Gasteiger partial charge on any atom is -0.508 e. The molecule has 1 fully saturated rings. The molecule has 5 N–H and O–H groups in total. The van der Waals surface area contributed by atoms with Crippen LogP contribution in [0, 0.1) is 23.4 Å². The Morgan fingerprint density at radius 3 is 2.50 bits per heavy atom. The van der Waals surface area contributed by atoms with Gasteiger partial charge in [0.2, 0.25) is 0 Å². The number of anilines is 1. The third-order valence-electron chi connectivity index (χ3n) is 6.12. The van der Waals surface area contributed by atoms with Crippen LogP contribution in [0.4, 0.5) is 18.9 Å². The van der Waals surface area contributed by atoms with Crippen molar-refractivity contribution < 1.29 is 28.2 Å². The summed E-state index contributed by atoms with van der Waals surface area (Å²) in [5.74, 6) is -4.96. The van der Waals surface area contributed by atoms with Crippen LogP contribution in [0.2, 0.25) is 0 Å². The van der Waals surface area contributed by atoms with Crippen molar-refractivity contribution in [2.24, 2.45) is 11.7 Å². The number of aliphatic hydroxyl groups is 1. The lowest BCUT2D eigenvalue weighted by Crippen LogP contribution is -2.44. The molecule has 3 aromatic rings. The molecule has 1 saturated carbocycles. The molecule has 2 aromatic heterocycles. The molecule has 10 heteroatoms. The first-order valence-electron chi connectivity index (χ1n) is 10.7. The highest BCUT2D eigenvalue weighted by Gasteiger charge is 2.34. The first-order valence-corrected chi connectivity index (χ1v) is 10.7. The summed E-state index contributed by atoms with van der Waals surface area (Å²) in [6.07, 6.45) is 3.59. The molecule has 7 nitrogen and oxygen atoms in total. The van der Waals surface area contributed by atoms with Gasteiger partial charge in [0.15, 0.2) is 0 Å². The van der Waals surface area contributed by atoms with Gasteiger partial charge in [0.1, 0.15) is 34.6 Å². The molecule has 4 rings (SSSR count). The van der Waals surface area contributed by atoms with Crippen molar-refractivity contribution in [2.75, 3.05) is 5.32 Å². The fourth-order valence-corrected chi connectivity index (χ4v) is 4.41. The summed E-state index contributed by atoms with van der Waals surface area (Å²) in [4.78, 5) is 20.8. The molecule has 0 radical (unpaired) electrons. The Labute approximate surface area is 193 Å². The first kappa shape index (κ1) is 23.7. The lowest BCUT2D eigenvalue weighted by Gasteiger charge is -2.36. The molecule has 0 unspecified atom stereocenters. The van der Waals surface area contributed by atoms with Gasteiger partial charge in [-0.25, -0.2) is 18.2 Å². The summed E-state index contributed by atoms with van der Waals surface area (Å²) in [7, 11) is 0. The van der Waals surface area contributed by atoms with Gasteiger partial charge in [-0.2, -0.15) is 0 Å². The van der Waals surface area contributed by atoms with Crippen LogP contribution < -0.4 is 11.1 Å². The van der Waals surface area contributed by atoms with Gasteiger partial charge in [0.05, 0.1) is 23.6 Å². The fourth-order valence-electron chi connectivity index (χ4n) is 4.41. The van der Waals surface area contributed by atoms with Crippen LogP contribution in [-0.2, 0) is 0 Å². The molecule has 1 aliphatic rings. The highest BCUT2D eigenvalue weighted by molar-refractivity contribution is 6.03. The van der Waals surface area contributed by atoms with Crippen molar-refractivity contribution >= 4 is 11.6 Å². The average molecular weight is 472 g/mol.